The lowest BCUT2D eigenvalue weighted by atomic mass is 9.96. The van der Waals surface area contributed by atoms with E-state index < -0.39 is 78.1 Å². The van der Waals surface area contributed by atoms with Gasteiger partial charge in [0.15, 0.2) is 12.3 Å². The van der Waals surface area contributed by atoms with Crippen molar-refractivity contribution in [1.82, 2.24) is 9.55 Å². The highest BCUT2D eigenvalue weighted by Gasteiger charge is 2.57. The zero-order chi connectivity index (χ0) is 33.2. The van der Waals surface area contributed by atoms with Crippen LogP contribution in [0.2, 0.25) is 0 Å². The van der Waals surface area contributed by atoms with Crippen LogP contribution < -0.4 is 16.2 Å². The second-order valence-corrected chi connectivity index (χ2v) is 11.8. The molecule has 2 aromatic heterocycles. The first kappa shape index (κ1) is 33.3. The van der Waals surface area contributed by atoms with E-state index in [1.54, 1.807) is 41.5 Å². The summed E-state index contributed by atoms with van der Waals surface area (Å²) in [5.41, 5.74) is -2.63. The number of aromatic nitrogens is 2. The van der Waals surface area contributed by atoms with E-state index in [-0.39, 0.29) is 34.7 Å². The number of hydrogen-bond donors (Lipinski definition) is 3. The monoisotopic (exact) mass is 631 g/mol. The first-order valence-corrected chi connectivity index (χ1v) is 14.4. The molecule has 2 aliphatic heterocycles. The first-order valence-electron chi connectivity index (χ1n) is 14.4. The Morgan fingerprint density at radius 1 is 1.04 bits per heavy atom. The highest BCUT2D eigenvalue weighted by Crippen LogP contribution is 2.47. The summed E-state index contributed by atoms with van der Waals surface area (Å²) in [6.07, 6.45) is -1.86. The molecule has 4 heterocycles. The predicted molar refractivity (Wildman–Crippen MR) is 159 cm³/mol. The zero-order valence-electron chi connectivity index (χ0n) is 26.0. The van der Waals surface area contributed by atoms with Crippen molar-refractivity contribution in [3.63, 3.8) is 0 Å². The fourth-order valence-electron chi connectivity index (χ4n) is 4.63. The maximum Gasteiger partial charge on any atom is 0.414 e. The summed E-state index contributed by atoms with van der Waals surface area (Å²) in [6.45, 7) is 10.3. The molecular formula is C29H37N5O11. The predicted octanol–water partition coefficient (Wildman–Crippen LogP) is 2.60. The lowest BCUT2D eigenvalue weighted by Gasteiger charge is -2.31. The molecular weight excluding hydrogens is 594 g/mol. The summed E-state index contributed by atoms with van der Waals surface area (Å²) >= 11 is 0. The molecule has 2 aliphatic rings. The van der Waals surface area contributed by atoms with Crippen molar-refractivity contribution in [2.45, 2.75) is 72.5 Å². The molecule has 3 N–H and O–H groups in total. The van der Waals surface area contributed by atoms with E-state index in [4.69, 9.17) is 23.7 Å². The van der Waals surface area contributed by atoms with Gasteiger partial charge in [-0.1, -0.05) is 41.5 Å². The van der Waals surface area contributed by atoms with Crippen molar-refractivity contribution in [2.75, 3.05) is 24.0 Å². The number of anilines is 2. The van der Waals surface area contributed by atoms with E-state index in [0.717, 1.165) is 6.07 Å². The van der Waals surface area contributed by atoms with Crippen LogP contribution >= 0.6 is 0 Å². The molecule has 1 fully saturated rings. The maximum absolute atomic E-state index is 12.6. The molecule has 0 radical (unpaired) electrons. The third-order valence-corrected chi connectivity index (χ3v) is 7.06. The molecule has 0 aromatic carbocycles. The molecule has 4 atom stereocenters. The van der Waals surface area contributed by atoms with Gasteiger partial charge in [0.25, 0.3) is 5.56 Å². The van der Waals surface area contributed by atoms with Crippen LogP contribution in [0.4, 0.5) is 22.1 Å². The number of carbonyl (C=O) groups is 4. The van der Waals surface area contributed by atoms with Gasteiger partial charge in [0.05, 0.1) is 35.2 Å². The second-order valence-electron chi connectivity index (χ2n) is 11.8. The Labute approximate surface area is 258 Å². The minimum atomic E-state index is -1.89. The summed E-state index contributed by atoms with van der Waals surface area (Å²) in [5.74, 6) is -2.78. The molecule has 244 valence electrons. The van der Waals surface area contributed by atoms with Gasteiger partial charge in [-0.2, -0.15) is 4.98 Å². The number of amides is 1. The molecule has 0 spiro atoms. The smallest absolute Gasteiger partial charge is 0.414 e. The van der Waals surface area contributed by atoms with Crippen LogP contribution in [0.25, 0.3) is 10.8 Å². The topological polar surface area (TPSA) is 206 Å². The fraction of sp³-hybridized carbons (Fsp3) is 0.552. The van der Waals surface area contributed by atoms with E-state index in [9.17, 15) is 29.1 Å². The second kappa shape index (κ2) is 13.2. The van der Waals surface area contributed by atoms with Gasteiger partial charge in [-0.25, -0.2) is 9.79 Å². The number of aliphatic hydroxyl groups is 1. The Balaban J connectivity index is 1.74. The van der Waals surface area contributed by atoms with Crippen molar-refractivity contribution in [1.29, 1.82) is 0 Å². The normalized spacial score (nSPS) is 22.0. The van der Waals surface area contributed by atoms with E-state index in [1.165, 1.54) is 24.0 Å². The highest BCUT2D eigenvalue weighted by molar-refractivity contribution is 6.12. The number of rotatable bonds is 10. The molecule has 0 saturated carbocycles. The van der Waals surface area contributed by atoms with Crippen LogP contribution in [0.3, 0.4) is 0 Å². The standard InChI is InChI=1S/C29H37N5O11/c1-13(2)24(36)41-10-18-21(45-26(38)15(5)6)29(7,40)27(44-18)34-9-16-17(32-28(39)43-12-42-25(37)14(3)4)8-19(35)33-22-20(16)23(34)31-11-30-22/h8-9,11,13-15,18,21,27,40H,10,12H2,1-7H3,(H,32,39)(H,30,31,33,35)/t18-,21-,27-,29+/m1/s1. The van der Waals surface area contributed by atoms with Gasteiger partial charge in [0.1, 0.15) is 29.9 Å². The minimum Gasteiger partial charge on any atom is -0.463 e. The van der Waals surface area contributed by atoms with Crippen molar-refractivity contribution in [2.24, 2.45) is 22.7 Å². The van der Waals surface area contributed by atoms with Crippen molar-refractivity contribution in [3.05, 3.63) is 22.6 Å². The summed E-state index contributed by atoms with van der Waals surface area (Å²) in [4.78, 5) is 70.2. The lowest BCUT2D eigenvalue weighted by Crippen LogP contribution is -2.48. The number of esters is 3. The highest BCUT2D eigenvalue weighted by atomic mass is 16.7. The summed E-state index contributed by atoms with van der Waals surface area (Å²) < 4.78 is 28.5. The van der Waals surface area contributed by atoms with Crippen LogP contribution in [-0.4, -0.2) is 76.2 Å². The van der Waals surface area contributed by atoms with Gasteiger partial charge in [0.2, 0.25) is 6.79 Å². The van der Waals surface area contributed by atoms with E-state index in [0.29, 0.717) is 0 Å². The van der Waals surface area contributed by atoms with E-state index in [2.05, 4.69) is 20.6 Å². The molecule has 2 aromatic rings. The minimum absolute atomic E-state index is 0.0318. The molecule has 45 heavy (non-hydrogen) atoms. The third kappa shape index (κ3) is 7.06. The molecule has 1 amide bonds. The van der Waals surface area contributed by atoms with E-state index in [1.807, 2.05) is 0 Å². The van der Waals surface area contributed by atoms with Crippen LogP contribution in [0, 0.1) is 17.8 Å². The molecule has 0 bridgehead atoms. The number of carbonyl (C=O) groups excluding carboxylic acids is 4. The fourth-order valence-corrected chi connectivity index (χ4v) is 4.63. The van der Waals surface area contributed by atoms with Gasteiger partial charge < -0.3 is 38.7 Å². The Bertz CT molecular complexity index is 1580. The lowest BCUT2D eigenvalue weighted by molar-refractivity contribution is -0.169. The van der Waals surface area contributed by atoms with Gasteiger partial charge in [0, 0.05) is 17.6 Å². The molecule has 1 saturated heterocycles. The van der Waals surface area contributed by atoms with Crippen molar-refractivity contribution < 1.29 is 48.0 Å². The number of ether oxygens (including phenoxy) is 5. The van der Waals surface area contributed by atoms with Crippen molar-refractivity contribution in [3.8, 4) is 0 Å². The Morgan fingerprint density at radius 3 is 2.33 bits per heavy atom. The number of hydrogen-bond acceptors (Lipinski definition) is 14. The average Bonchev–Trinajstić information content (AvgIpc) is 3.41. The molecule has 4 rings (SSSR count). The third-order valence-electron chi connectivity index (χ3n) is 7.06. The molecule has 0 aliphatic carbocycles. The van der Waals surface area contributed by atoms with Crippen LogP contribution in [-0.2, 0) is 38.1 Å². The number of nitrogens with zero attached hydrogens (tertiary/aromatic N) is 3. The zero-order valence-corrected chi connectivity index (χ0v) is 26.0. The Morgan fingerprint density at radius 2 is 1.69 bits per heavy atom. The van der Waals surface area contributed by atoms with Gasteiger partial charge in [-0.3, -0.25) is 24.5 Å². The molecule has 16 heteroatoms. The molecule has 16 nitrogen and oxygen atoms in total. The van der Waals surface area contributed by atoms with Gasteiger partial charge >= 0.3 is 24.0 Å². The molecule has 0 unspecified atom stereocenters. The Hall–Kier alpha value is -4.57. The summed E-state index contributed by atoms with van der Waals surface area (Å²) in [7, 11) is 0. The number of nitrogens with one attached hydrogen (secondary N) is 2. The van der Waals surface area contributed by atoms with Crippen LogP contribution in [0.5, 0.6) is 0 Å². The van der Waals surface area contributed by atoms with Crippen molar-refractivity contribution >= 4 is 58.4 Å². The van der Waals surface area contributed by atoms with Gasteiger partial charge in [-0.15, -0.1) is 0 Å². The number of aliphatic imine (C=N–C) groups is 1. The Kier molecular flexibility index (Phi) is 9.77. The SMILES string of the molecule is CC(C)C(=O)OCOC(=O)Nc1cc(=O)nc2c3c(n([C@@H]4O[C@H](COC(=O)C(C)C)[C@@H](OC(=O)C(C)C)[C@]4(C)O)cc13)N=CN2. The van der Waals surface area contributed by atoms with Crippen LogP contribution in [0.15, 0.2) is 22.1 Å². The van der Waals surface area contributed by atoms with E-state index >= 15 is 0 Å². The maximum atomic E-state index is 12.6. The largest absolute Gasteiger partial charge is 0.463 e. The van der Waals surface area contributed by atoms with Crippen LogP contribution in [0.1, 0.15) is 54.7 Å². The summed E-state index contributed by atoms with van der Waals surface area (Å²) in [5, 5.41) is 17.6. The average molecular weight is 632 g/mol. The van der Waals surface area contributed by atoms with Gasteiger partial charge in [-0.05, 0) is 6.92 Å². The summed E-state index contributed by atoms with van der Waals surface area (Å²) in [6, 6.07) is 1.06. The quantitative estimate of drug-likeness (QED) is 0.196. The first-order chi connectivity index (χ1) is 21.1.